The minimum absolute atomic E-state index is 0.314. The summed E-state index contributed by atoms with van der Waals surface area (Å²) >= 11 is 0. The van der Waals surface area contributed by atoms with Crippen LogP contribution in [0.15, 0.2) is 37.1 Å². The number of halogens is 2. The van der Waals surface area contributed by atoms with Crippen molar-refractivity contribution in [3.63, 3.8) is 0 Å². The molecule has 10 heteroatoms. The molecule has 0 saturated heterocycles. The molecule has 3 N–H and O–H groups in total. The molecule has 4 rings (SSSR count). The Morgan fingerprint density at radius 2 is 1.79 bits per heavy atom. The number of nitrogens with two attached hydrogens (primary N) is 1. The Kier molecular flexibility index (Phi) is 4.30. The van der Waals surface area contributed by atoms with Gasteiger partial charge in [-0.25, -0.2) is 33.7 Å². The molecule has 1 atom stereocenters. The van der Waals surface area contributed by atoms with E-state index in [4.69, 9.17) is 5.73 Å². The first kappa shape index (κ1) is 17.7. The average Bonchev–Trinajstić information content (AvgIpc) is 3.08. The van der Waals surface area contributed by atoms with Gasteiger partial charge in [0, 0.05) is 6.20 Å². The van der Waals surface area contributed by atoms with E-state index in [1.165, 1.54) is 18.5 Å². The van der Waals surface area contributed by atoms with Crippen LogP contribution in [-0.2, 0) is 0 Å². The van der Waals surface area contributed by atoms with Crippen LogP contribution in [0, 0.1) is 18.6 Å². The van der Waals surface area contributed by atoms with Gasteiger partial charge in [0.25, 0.3) is 0 Å². The van der Waals surface area contributed by atoms with Gasteiger partial charge in [-0.15, -0.1) is 0 Å². The van der Waals surface area contributed by atoms with Crippen LogP contribution in [0.5, 0.6) is 0 Å². The van der Waals surface area contributed by atoms with Crippen molar-refractivity contribution in [3.05, 3.63) is 60.1 Å². The SMILES string of the molecule is Cc1cc(F)cn2c(-c3ncc(N)c(N[C@H](C)c4ncc(F)cn4)n3)cnc12. The van der Waals surface area contributed by atoms with Crippen molar-refractivity contribution in [2.75, 3.05) is 11.1 Å². The normalized spacial score (nSPS) is 12.3. The van der Waals surface area contributed by atoms with Gasteiger partial charge in [0.05, 0.1) is 36.5 Å². The Morgan fingerprint density at radius 1 is 1.04 bits per heavy atom. The maximum Gasteiger partial charge on any atom is 0.180 e. The molecule has 8 nitrogen and oxygen atoms in total. The summed E-state index contributed by atoms with van der Waals surface area (Å²) in [5.41, 5.74) is 8.12. The summed E-state index contributed by atoms with van der Waals surface area (Å²) in [4.78, 5) is 20.9. The highest BCUT2D eigenvalue weighted by atomic mass is 19.1. The number of fused-ring (bicyclic) bond motifs is 1. The van der Waals surface area contributed by atoms with E-state index in [-0.39, 0.29) is 11.9 Å². The van der Waals surface area contributed by atoms with Gasteiger partial charge in [-0.2, -0.15) is 0 Å². The lowest BCUT2D eigenvalue weighted by Crippen LogP contribution is -2.14. The number of aromatic nitrogens is 6. The fourth-order valence-corrected chi connectivity index (χ4v) is 2.83. The first-order valence-electron chi connectivity index (χ1n) is 8.42. The fraction of sp³-hybridized carbons (Fsp3) is 0.167. The topological polar surface area (TPSA) is 107 Å². The molecule has 0 aliphatic heterocycles. The molecule has 0 fully saturated rings. The van der Waals surface area contributed by atoms with E-state index in [9.17, 15) is 8.78 Å². The number of nitrogen functional groups attached to an aromatic ring is 1. The third-order valence-corrected chi connectivity index (χ3v) is 4.18. The number of rotatable bonds is 4. The van der Waals surface area contributed by atoms with Crippen LogP contribution in [-0.4, -0.2) is 29.3 Å². The molecule has 0 aliphatic rings. The second kappa shape index (κ2) is 6.80. The minimum atomic E-state index is -0.519. The van der Waals surface area contributed by atoms with E-state index in [1.807, 2.05) is 0 Å². The van der Waals surface area contributed by atoms with E-state index >= 15 is 0 Å². The summed E-state index contributed by atoms with van der Waals surface area (Å²) < 4.78 is 28.4. The van der Waals surface area contributed by atoms with Crippen molar-refractivity contribution in [2.24, 2.45) is 0 Å². The zero-order valence-corrected chi connectivity index (χ0v) is 15.1. The number of hydrogen-bond acceptors (Lipinski definition) is 7. The van der Waals surface area contributed by atoms with Crippen LogP contribution in [0.25, 0.3) is 17.2 Å². The van der Waals surface area contributed by atoms with Crippen molar-refractivity contribution in [2.45, 2.75) is 19.9 Å². The van der Waals surface area contributed by atoms with Gasteiger partial charge in [0.2, 0.25) is 0 Å². The van der Waals surface area contributed by atoms with Crippen molar-refractivity contribution < 1.29 is 8.78 Å². The minimum Gasteiger partial charge on any atom is -0.394 e. The number of nitrogens with zero attached hydrogens (tertiary/aromatic N) is 6. The number of aryl methyl sites for hydroxylation is 1. The summed E-state index contributed by atoms with van der Waals surface area (Å²) in [5.74, 6) is 0.151. The molecular formula is C18H16F2N8. The third kappa shape index (κ3) is 3.20. The molecule has 142 valence electrons. The largest absolute Gasteiger partial charge is 0.394 e. The molecule has 0 spiro atoms. The highest BCUT2D eigenvalue weighted by Crippen LogP contribution is 2.25. The van der Waals surface area contributed by atoms with Crippen LogP contribution < -0.4 is 11.1 Å². The Morgan fingerprint density at radius 3 is 2.54 bits per heavy atom. The summed E-state index contributed by atoms with van der Waals surface area (Å²) in [7, 11) is 0. The first-order valence-corrected chi connectivity index (χ1v) is 8.42. The van der Waals surface area contributed by atoms with E-state index in [1.54, 1.807) is 24.4 Å². The average molecular weight is 382 g/mol. The van der Waals surface area contributed by atoms with Gasteiger partial charge in [0.15, 0.2) is 17.5 Å². The lowest BCUT2D eigenvalue weighted by atomic mass is 10.3. The van der Waals surface area contributed by atoms with E-state index in [0.29, 0.717) is 40.1 Å². The van der Waals surface area contributed by atoms with Gasteiger partial charge < -0.3 is 11.1 Å². The third-order valence-electron chi connectivity index (χ3n) is 4.18. The predicted octanol–water partition coefficient (Wildman–Crippen LogP) is 2.92. The molecule has 0 saturated carbocycles. The smallest absolute Gasteiger partial charge is 0.180 e. The van der Waals surface area contributed by atoms with Gasteiger partial charge in [-0.05, 0) is 25.5 Å². The van der Waals surface area contributed by atoms with Gasteiger partial charge in [-0.3, -0.25) is 4.40 Å². The Balaban J connectivity index is 1.71. The number of anilines is 2. The fourth-order valence-electron chi connectivity index (χ4n) is 2.83. The van der Waals surface area contributed by atoms with Gasteiger partial charge >= 0.3 is 0 Å². The maximum atomic E-state index is 13.8. The summed E-state index contributed by atoms with van der Waals surface area (Å²) in [6, 6.07) is 1.03. The van der Waals surface area contributed by atoms with E-state index in [2.05, 4.69) is 30.2 Å². The molecule has 4 aromatic rings. The second-order valence-corrected chi connectivity index (χ2v) is 6.30. The van der Waals surface area contributed by atoms with Crippen molar-refractivity contribution in [1.82, 2.24) is 29.3 Å². The maximum absolute atomic E-state index is 13.8. The predicted molar refractivity (Wildman–Crippen MR) is 99.4 cm³/mol. The van der Waals surface area contributed by atoms with Crippen LogP contribution in [0.4, 0.5) is 20.3 Å². The molecule has 0 amide bonds. The van der Waals surface area contributed by atoms with Crippen molar-refractivity contribution in [3.8, 4) is 11.5 Å². The van der Waals surface area contributed by atoms with Crippen LogP contribution in [0.3, 0.4) is 0 Å². The quantitative estimate of drug-likeness (QED) is 0.559. The number of hydrogen-bond donors (Lipinski definition) is 2. The van der Waals surface area contributed by atoms with Crippen molar-refractivity contribution >= 4 is 17.2 Å². The lowest BCUT2D eigenvalue weighted by molar-refractivity contribution is 0.604. The van der Waals surface area contributed by atoms with Gasteiger partial charge in [0.1, 0.15) is 23.0 Å². The van der Waals surface area contributed by atoms with Crippen LogP contribution in [0.2, 0.25) is 0 Å². The molecule has 0 unspecified atom stereocenters. The van der Waals surface area contributed by atoms with E-state index in [0.717, 1.165) is 12.4 Å². The van der Waals surface area contributed by atoms with Crippen molar-refractivity contribution in [1.29, 1.82) is 0 Å². The zero-order valence-electron chi connectivity index (χ0n) is 15.1. The molecule has 28 heavy (non-hydrogen) atoms. The number of imidazole rings is 1. The highest BCUT2D eigenvalue weighted by molar-refractivity contribution is 5.66. The summed E-state index contributed by atoms with van der Waals surface area (Å²) in [6.07, 6.45) is 6.53. The Hall–Kier alpha value is -3.69. The molecule has 4 aromatic heterocycles. The molecule has 0 bridgehead atoms. The number of pyridine rings is 1. The second-order valence-electron chi connectivity index (χ2n) is 6.30. The summed E-state index contributed by atoms with van der Waals surface area (Å²) in [6.45, 7) is 3.57. The molecule has 0 aromatic carbocycles. The van der Waals surface area contributed by atoms with E-state index < -0.39 is 5.82 Å². The lowest BCUT2D eigenvalue weighted by Gasteiger charge is -2.15. The Labute approximate surface area is 158 Å². The molecular weight excluding hydrogens is 366 g/mol. The highest BCUT2D eigenvalue weighted by Gasteiger charge is 2.16. The molecule has 0 aliphatic carbocycles. The zero-order chi connectivity index (χ0) is 19.8. The molecule has 4 heterocycles. The van der Waals surface area contributed by atoms with Crippen LogP contribution in [0.1, 0.15) is 24.4 Å². The number of nitrogens with one attached hydrogen (secondary N) is 1. The standard InChI is InChI=1S/C18H16F2N8/c1-9-3-11(19)8-28-14(7-25-18(9)28)17-24-6-13(21)16(27-17)26-10(2)15-22-4-12(20)5-23-15/h3-8,10H,21H2,1-2H3,(H,24,26,27)/t10-/m1/s1. The first-order chi connectivity index (χ1) is 13.4. The van der Waals surface area contributed by atoms with Crippen LogP contribution >= 0.6 is 0 Å². The molecule has 0 radical (unpaired) electrons. The Bertz CT molecular complexity index is 1160. The summed E-state index contributed by atoms with van der Waals surface area (Å²) in [5, 5.41) is 3.09. The van der Waals surface area contributed by atoms with Gasteiger partial charge in [-0.1, -0.05) is 0 Å². The monoisotopic (exact) mass is 382 g/mol.